The molecule has 4 nitrogen and oxygen atoms in total. The maximum atomic E-state index is 11.3. The molecule has 1 aliphatic rings. The van der Waals surface area contributed by atoms with Crippen molar-refractivity contribution < 1.29 is 9.90 Å². The van der Waals surface area contributed by atoms with E-state index in [1.807, 2.05) is 6.92 Å². The lowest BCUT2D eigenvalue weighted by molar-refractivity contribution is -0.145. The quantitative estimate of drug-likeness (QED) is 0.720. The highest BCUT2D eigenvalue weighted by Gasteiger charge is 2.35. The van der Waals surface area contributed by atoms with Crippen LogP contribution in [0.3, 0.4) is 0 Å². The van der Waals surface area contributed by atoms with Crippen LogP contribution in [-0.2, 0) is 4.79 Å². The predicted molar refractivity (Wildman–Crippen MR) is 64.6 cm³/mol. The van der Waals surface area contributed by atoms with Crippen LogP contribution in [0.5, 0.6) is 0 Å². The van der Waals surface area contributed by atoms with Gasteiger partial charge in [-0.15, -0.1) is 0 Å². The molecule has 0 bridgehead atoms. The zero-order chi connectivity index (χ0) is 12.2. The van der Waals surface area contributed by atoms with Crippen molar-refractivity contribution in [2.45, 2.75) is 51.6 Å². The van der Waals surface area contributed by atoms with Crippen molar-refractivity contribution >= 4 is 5.97 Å². The van der Waals surface area contributed by atoms with Crippen molar-refractivity contribution in [1.29, 1.82) is 0 Å². The van der Waals surface area contributed by atoms with Gasteiger partial charge in [-0.05, 0) is 52.7 Å². The summed E-state index contributed by atoms with van der Waals surface area (Å²) in [7, 11) is 0. The van der Waals surface area contributed by atoms with Crippen molar-refractivity contribution in [2.75, 3.05) is 19.6 Å². The minimum Gasteiger partial charge on any atom is -0.480 e. The first-order valence-corrected chi connectivity index (χ1v) is 6.22. The van der Waals surface area contributed by atoms with Crippen LogP contribution in [0.1, 0.15) is 40.0 Å². The Bertz CT molecular complexity index is 239. The normalized spacial score (nSPS) is 22.9. The average molecular weight is 228 g/mol. The fourth-order valence-electron chi connectivity index (χ4n) is 2.53. The Morgan fingerprint density at radius 2 is 2.06 bits per heavy atom. The van der Waals surface area contributed by atoms with Gasteiger partial charge in [-0.1, -0.05) is 6.92 Å². The van der Waals surface area contributed by atoms with Crippen LogP contribution in [0.25, 0.3) is 0 Å². The molecule has 2 atom stereocenters. The molecule has 0 saturated carbocycles. The van der Waals surface area contributed by atoms with Gasteiger partial charge < -0.3 is 15.3 Å². The van der Waals surface area contributed by atoms with Gasteiger partial charge in [0, 0.05) is 6.04 Å². The lowest BCUT2D eigenvalue weighted by atomic mass is 9.93. The van der Waals surface area contributed by atoms with Crippen LogP contribution in [-0.4, -0.2) is 47.2 Å². The number of hydrogen-bond acceptors (Lipinski definition) is 3. The first-order chi connectivity index (χ1) is 7.49. The number of carboxylic acid groups (broad SMARTS) is 1. The smallest absolute Gasteiger partial charge is 0.323 e. The maximum Gasteiger partial charge on any atom is 0.323 e. The summed E-state index contributed by atoms with van der Waals surface area (Å²) in [5.74, 6) is -0.750. The highest BCUT2D eigenvalue weighted by atomic mass is 16.4. The molecule has 16 heavy (non-hydrogen) atoms. The molecule has 2 unspecified atom stereocenters. The van der Waals surface area contributed by atoms with Crippen LogP contribution in [0.4, 0.5) is 0 Å². The van der Waals surface area contributed by atoms with E-state index in [0.717, 1.165) is 13.1 Å². The Labute approximate surface area is 98.0 Å². The molecule has 1 saturated heterocycles. The number of aliphatic carboxylic acids is 1. The Balaban J connectivity index is 2.56. The third-order valence-electron chi connectivity index (χ3n) is 3.51. The number of carbonyl (C=O) groups is 1. The molecule has 1 heterocycles. The van der Waals surface area contributed by atoms with Crippen molar-refractivity contribution in [3.8, 4) is 0 Å². The first kappa shape index (κ1) is 13.5. The van der Waals surface area contributed by atoms with Gasteiger partial charge in [0.05, 0.1) is 0 Å². The summed E-state index contributed by atoms with van der Waals surface area (Å²) in [6.45, 7) is 8.78. The monoisotopic (exact) mass is 228 g/mol. The molecule has 2 N–H and O–H groups in total. The summed E-state index contributed by atoms with van der Waals surface area (Å²) in [6.07, 6.45) is 3.15. The molecule has 0 aliphatic carbocycles. The van der Waals surface area contributed by atoms with E-state index in [2.05, 4.69) is 17.1 Å². The largest absolute Gasteiger partial charge is 0.480 e. The van der Waals surface area contributed by atoms with Gasteiger partial charge in [0.15, 0.2) is 0 Å². The van der Waals surface area contributed by atoms with E-state index in [-0.39, 0.29) is 0 Å². The van der Waals surface area contributed by atoms with E-state index >= 15 is 0 Å². The summed E-state index contributed by atoms with van der Waals surface area (Å²) in [5, 5.41) is 12.4. The lowest BCUT2D eigenvalue weighted by Crippen LogP contribution is -2.53. The van der Waals surface area contributed by atoms with E-state index in [1.165, 1.54) is 12.8 Å². The minimum absolute atomic E-state index is 0.336. The molecule has 0 aromatic heterocycles. The van der Waals surface area contributed by atoms with Crippen molar-refractivity contribution in [3.63, 3.8) is 0 Å². The minimum atomic E-state index is -0.795. The topological polar surface area (TPSA) is 52.6 Å². The second kappa shape index (κ2) is 5.64. The molecular weight excluding hydrogens is 204 g/mol. The third kappa shape index (κ3) is 3.19. The van der Waals surface area contributed by atoms with E-state index < -0.39 is 11.5 Å². The number of rotatable bonds is 6. The van der Waals surface area contributed by atoms with Crippen LogP contribution in [0.2, 0.25) is 0 Å². The number of likely N-dealkylation sites (tertiary alicyclic amines) is 1. The Morgan fingerprint density at radius 1 is 1.50 bits per heavy atom. The van der Waals surface area contributed by atoms with Gasteiger partial charge in [-0.25, -0.2) is 0 Å². The van der Waals surface area contributed by atoms with Crippen LogP contribution < -0.4 is 5.32 Å². The summed E-state index contributed by atoms with van der Waals surface area (Å²) in [5.41, 5.74) is -0.795. The summed E-state index contributed by atoms with van der Waals surface area (Å²) in [4.78, 5) is 13.7. The standard InChI is InChI=1S/C12H24N2O2/c1-4-13-12(3,11(15)16)9-10(2)14-7-5-6-8-14/h10,13H,4-9H2,1-3H3,(H,15,16). The van der Waals surface area contributed by atoms with Crippen LogP contribution in [0.15, 0.2) is 0 Å². The SMILES string of the molecule is CCNC(C)(CC(C)N1CCCC1)C(=O)O. The van der Waals surface area contributed by atoms with Crippen molar-refractivity contribution in [2.24, 2.45) is 0 Å². The molecule has 94 valence electrons. The van der Waals surface area contributed by atoms with E-state index in [0.29, 0.717) is 19.0 Å². The van der Waals surface area contributed by atoms with Crippen LogP contribution >= 0.6 is 0 Å². The Hall–Kier alpha value is -0.610. The molecule has 0 aromatic carbocycles. The molecular formula is C12H24N2O2. The Morgan fingerprint density at radius 3 is 2.50 bits per heavy atom. The summed E-state index contributed by atoms with van der Waals surface area (Å²) >= 11 is 0. The van der Waals surface area contributed by atoms with Gasteiger partial charge in [0.2, 0.25) is 0 Å². The molecule has 1 rings (SSSR count). The van der Waals surface area contributed by atoms with E-state index in [4.69, 9.17) is 0 Å². The van der Waals surface area contributed by atoms with Gasteiger partial charge >= 0.3 is 5.97 Å². The fourth-order valence-corrected chi connectivity index (χ4v) is 2.53. The molecule has 0 spiro atoms. The molecule has 1 aliphatic heterocycles. The molecule has 0 aromatic rings. The third-order valence-corrected chi connectivity index (χ3v) is 3.51. The summed E-state index contributed by atoms with van der Waals surface area (Å²) < 4.78 is 0. The number of hydrogen-bond donors (Lipinski definition) is 2. The molecule has 0 radical (unpaired) electrons. The number of nitrogens with zero attached hydrogens (tertiary/aromatic N) is 1. The molecule has 4 heteroatoms. The Kier molecular flexibility index (Phi) is 4.74. The molecule has 1 fully saturated rings. The van der Waals surface area contributed by atoms with Gasteiger partial charge in [0.25, 0.3) is 0 Å². The van der Waals surface area contributed by atoms with E-state index in [9.17, 15) is 9.90 Å². The second-order valence-corrected chi connectivity index (χ2v) is 4.96. The first-order valence-electron chi connectivity index (χ1n) is 6.22. The highest BCUT2D eigenvalue weighted by molar-refractivity contribution is 5.78. The fraction of sp³-hybridized carbons (Fsp3) is 0.917. The van der Waals surface area contributed by atoms with Gasteiger partial charge in [-0.2, -0.15) is 0 Å². The maximum absolute atomic E-state index is 11.3. The zero-order valence-electron chi connectivity index (χ0n) is 10.6. The highest BCUT2D eigenvalue weighted by Crippen LogP contribution is 2.20. The predicted octanol–water partition coefficient (Wildman–Crippen LogP) is 1.31. The lowest BCUT2D eigenvalue weighted by Gasteiger charge is -2.33. The number of nitrogens with one attached hydrogen (secondary N) is 1. The van der Waals surface area contributed by atoms with Gasteiger partial charge in [0.1, 0.15) is 5.54 Å². The zero-order valence-corrected chi connectivity index (χ0v) is 10.6. The van der Waals surface area contributed by atoms with E-state index in [1.54, 1.807) is 6.92 Å². The van der Waals surface area contributed by atoms with Crippen molar-refractivity contribution in [1.82, 2.24) is 10.2 Å². The molecule has 0 amide bonds. The summed E-state index contributed by atoms with van der Waals surface area (Å²) in [6, 6.07) is 0.336. The average Bonchev–Trinajstić information content (AvgIpc) is 2.70. The number of likely N-dealkylation sites (N-methyl/N-ethyl adjacent to an activating group) is 1. The number of carboxylic acids is 1. The van der Waals surface area contributed by atoms with Crippen molar-refractivity contribution in [3.05, 3.63) is 0 Å². The van der Waals surface area contributed by atoms with Crippen LogP contribution in [0, 0.1) is 0 Å². The second-order valence-electron chi connectivity index (χ2n) is 4.96. The van der Waals surface area contributed by atoms with Gasteiger partial charge in [-0.3, -0.25) is 4.79 Å².